The summed E-state index contributed by atoms with van der Waals surface area (Å²) in [7, 11) is 0. The molecule has 0 aromatic rings. The number of amides is 2. The fourth-order valence-electron chi connectivity index (χ4n) is 2.93. The molecule has 2 atom stereocenters. The van der Waals surface area contributed by atoms with Crippen molar-refractivity contribution in [3.05, 3.63) is 0 Å². The van der Waals surface area contributed by atoms with Crippen LogP contribution in [0.25, 0.3) is 0 Å². The Morgan fingerprint density at radius 3 is 2.70 bits per heavy atom. The maximum absolute atomic E-state index is 12.4. The van der Waals surface area contributed by atoms with Gasteiger partial charge in [-0.15, -0.1) is 0 Å². The Morgan fingerprint density at radius 2 is 2.00 bits per heavy atom. The molecule has 114 valence electrons. The third-order valence-electron chi connectivity index (χ3n) is 4.24. The number of carbonyl (C=O) groups is 2. The lowest BCUT2D eigenvalue weighted by Gasteiger charge is -2.40. The number of fused-ring (bicyclic) bond motifs is 1. The highest BCUT2D eigenvalue weighted by Gasteiger charge is 2.45. The van der Waals surface area contributed by atoms with Crippen LogP contribution in [0.5, 0.6) is 0 Å². The molecule has 2 saturated heterocycles. The minimum Gasteiger partial charge on any atom is -0.380 e. The van der Waals surface area contributed by atoms with Crippen molar-refractivity contribution < 1.29 is 14.3 Å². The first-order valence-electron chi connectivity index (χ1n) is 7.71. The van der Waals surface area contributed by atoms with Crippen molar-refractivity contribution in [2.45, 2.75) is 52.1 Å². The zero-order chi connectivity index (χ0) is 14.7. The Bertz CT molecular complexity index is 370. The number of ether oxygens (including phenoxy) is 1. The SMILES string of the molecule is CC(C)CCOCCN1C(=O)C2CCCN2C(=O)C1C. The summed E-state index contributed by atoms with van der Waals surface area (Å²) in [5, 5.41) is 0. The van der Waals surface area contributed by atoms with Crippen LogP contribution in [-0.2, 0) is 14.3 Å². The van der Waals surface area contributed by atoms with E-state index in [0.29, 0.717) is 19.1 Å². The van der Waals surface area contributed by atoms with E-state index >= 15 is 0 Å². The Hall–Kier alpha value is -1.10. The van der Waals surface area contributed by atoms with Crippen molar-refractivity contribution in [1.82, 2.24) is 9.80 Å². The lowest BCUT2D eigenvalue weighted by molar-refractivity contribution is -0.159. The Kier molecular flexibility index (Phi) is 5.02. The first-order chi connectivity index (χ1) is 9.52. The number of hydrogen-bond acceptors (Lipinski definition) is 3. The second-order valence-electron chi connectivity index (χ2n) is 6.19. The van der Waals surface area contributed by atoms with Crippen LogP contribution in [0.1, 0.15) is 40.0 Å². The summed E-state index contributed by atoms with van der Waals surface area (Å²) in [6.07, 6.45) is 2.77. The zero-order valence-electron chi connectivity index (χ0n) is 12.8. The third-order valence-corrected chi connectivity index (χ3v) is 4.24. The molecule has 0 saturated carbocycles. The largest absolute Gasteiger partial charge is 0.380 e. The van der Waals surface area contributed by atoms with Crippen molar-refractivity contribution in [3.63, 3.8) is 0 Å². The summed E-state index contributed by atoms with van der Waals surface area (Å²) in [5.41, 5.74) is 0. The minimum atomic E-state index is -0.342. The van der Waals surface area contributed by atoms with Gasteiger partial charge in [0, 0.05) is 19.7 Å². The van der Waals surface area contributed by atoms with Crippen LogP contribution in [0.2, 0.25) is 0 Å². The maximum atomic E-state index is 12.4. The van der Waals surface area contributed by atoms with Crippen LogP contribution < -0.4 is 0 Å². The first kappa shape index (κ1) is 15.3. The predicted octanol–water partition coefficient (Wildman–Crippen LogP) is 1.27. The molecule has 0 aromatic heterocycles. The van der Waals surface area contributed by atoms with Gasteiger partial charge < -0.3 is 14.5 Å². The highest BCUT2D eigenvalue weighted by Crippen LogP contribution is 2.26. The summed E-state index contributed by atoms with van der Waals surface area (Å²) in [6, 6.07) is -0.556. The van der Waals surface area contributed by atoms with Crippen LogP contribution in [0.4, 0.5) is 0 Å². The van der Waals surface area contributed by atoms with Gasteiger partial charge in [-0.2, -0.15) is 0 Å². The first-order valence-corrected chi connectivity index (χ1v) is 7.71. The number of rotatable bonds is 6. The fourth-order valence-corrected chi connectivity index (χ4v) is 2.93. The van der Waals surface area contributed by atoms with E-state index < -0.39 is 0 Å². The molecule has 0 aliphatic carbocycles. The summed E-state index contributed by atoms with van der Waals surface area (Å²) in [4.78, 5) is 28.1. The highest BCUT2D eigenvalue weighted by atomic mass is 16.5. The minimum absolute atomic E-state index is 0.0919. The number of piperazine rings is 1. The van der Waals surface area contributed by atoms with Crippen LogP contribution in [-0.4, -0.2) is 60.0 Å². The molecule has 0 radical (unpaired) electrons. The molecule has 20 heavy (non-hydrogen) atoms. The number of nitrogens with zero attached hydrogens (tertiary/aromatic N) is 2. The van der Waals surface area contributed by atoms with Crippen molar-refractivity contribution in [2.24, 2.45) is 5.92 Å². The van der Waals surface area contributed by atoms with Gasteiger partial charge in [0.05, 0.1) is 6.61 Å². The molecule has 2 heterocycles. The molecule has 2 rings (SSSR count). The van der Waals surface area contributed by atoms with E-state index in [0.717, 1.165) is 32.4 Å². The molecular formula is C15H26N2O3. The normalized spacial score (nSPS) is 26.6. The molecule has 2 fully saturated rings. The smallest absolute Gasteiger partial charge is 0.246 e. The van der Waals surface area contributed by atoms with Gasteiger partial charge in [-0.05, 0) is 32.1 Å². The van der Waals surface area contributed by atoms with Crippen molar-refractivity contribution in [2.75, 3.05) is 26.3 Å². The second-order valence-corrected chi connectivity index (χ2v) is 6.19. The van der Waals surface area contributed by atoms with E-state index in [-0.39, 0.29) is 23.9 Å². The van der Waals surface area contributed by atoms with E-state index in [4.69, 9.17) is 4.74 Å². The van der Waals surface area contributed by atoms with Crippen LogP contribution in [0, 0.1) is 5.92 Å². The molecule has 2 aliphatic rings. The predicted molar refractivity (Wildman–Crippen MR) is 76.2 cm³/mol. The molecule has 2 unspecified atom stereocenters. The average Bonchev–Trinajstić information content (AvgIpc) is 2.88. The number of carbonyl (C=O) groups excluding carboxylic acids is 2. The molecule has 0 aromatic carbocycles. The van der Waals surface area contributed by atoms with Gasteiger partial charge in [0.1, 0.15) is 12.1 Å². The zero-order valence-corrected chi connectivity index (χ0v) is 12.8. The van der Waals surface area contributed by atoms with E-state index in [1.54, 1.807) is 9.80 Å². The third kappa shape index (κ3) is 3.14. The molecule has 2 aliphatic heterocycles. The van der Waals surface area contributed by atoms with Crippen LogP contribution in [0.15, 0.2) is 0 Å². The monoisotopic (exact) mass is 282 g/mol. The van der Waals surface area contributed by atoms with Crippen LogP contribution in [0.3, 0.4) is 0 Å². The van der Waals surface area contributed by atoms with Crippen molar-refractivity contribution >= 4 is 11.8 Å². The Morgan fingerprint density at radius 1 is 1.25 bits per heavy atom. The quantitative estimate of drug-likeness (QED) is 0.689. The Labute approximate surface area is 121 Å². The van der Waals surface area contributed by atoms with Gasteiger partial charge >= 0.3 is 0 Å². The van der Waals surface area contributed by atoms with E-state index in [1.807, 2.05) is 6.92 Å². The van der Waals surface area contributed by atoms with Gasteiger partial charge in [-0.3, -0.25) is 9.59 Å². The van der Waals surface area contributed by atoms with Crippen molar-refractivity contribution in [3.8, 4) is 0 Å². The average molecular weight is 282 g/mol. The lowest BCUT2D eigenvalue weighted by Crippen LogP contribution is -2.62. The van der Waals surface area contributed by atoms with Gasteiger partial charge in [-0.1, -0.05) is 13.8 Å². The fraction of sp³-hybridized carbons (Fsp3) is 0.867. The van der Waals surface area contributed by atoms with Crippen molar-refractivity contribution in [1.29, 1.82) is 0 Å². The van der Waals surface area contributed by atoms with Gasteiger partial charge in [0.2, 0.25) is 11.8 Å². The van der Waals surface area contributed by atoms with Crippen LogP contribution >= 0.6 is 0 Å². The molecule has 0 bridgehead atoms. The lowest BCUT2D eigenvalue weighted by atomic mass is 10.1. The molecular weight excluding hydrogens is 256 g/mol. The molecule has 0 spiro atoms. The summed E-state index contributed by atoms with van der Waals surface area (Å²) < 4.78 is 5.57. The van der Waals surface area contributed by atoms with E-state index in [9.17, 15) is 9.59 Å². The second kappa shape index (κ2) is 6.57. The van der Waals surface area contributed by atoms with Gasteiger partial charge in [0.25, 0.3) is 0 Å². The topological polar surface area (TPSA) is 49.9 Å². The summed E-state index contributed by atoms with van der Waals surface area (Å²) in [5.74, 6) is 0.815. The molecule has 5 nitrogen and oxygen atoms in total. The van der Waals surface area contributed by atoms with Gasteiger partial charge in [0.15, 0.2) is 0 Å². The summed E-state index contributed by atoms with van der Waals surface area (Å²) in [6.45, 7) is 8.63. The maximum Gasteiger partial charge on any atom is 0.246 e. The molecule has 5 heteroatoms. The molecule has 2 amide bonds. The standard InChI is InChI=1S/C15H26N2O3/c1-11(2)6-9-20-10-8-16-12(3)14(18)17-7-4-5-13(17)15(16)19/h11-13H,4-10H2,1-3H3. The van der Waals surface area contributed by atoms with E-state index in [1.165, 1.54) is 0 Å². The Balaban J connectivity index is 1.84. The highest BCUT2D eigenvalue weighted by molar-refractivity contribution is 5.97. The number of hydrogen-bond donors (Lipinski definition) is 0. The van der Waals surface area contributed by atoms with E-state index in [2.05, 4.69) is 13.8 Å². The molecule has 0 N–H and O–H groups in total. The summed E-state index contributed by atoms with van der Waals surface area (Å²) >= 11 is 0. The van der Waals surface area contributed by atoms with Gasteiger partial charge in [-0.25, -0.2) is 0 Å².